The first kappa shape index (κ1) is 10.3. The molecule has 1 aliphatic heterocycles. The second-order valence-electron chi connectivity index (χ2n) is 3.28. The summed E-state index contributed by atoms with van der Waals surface area (Å²) in [4.78, 5) is 0. The van der Waals surface area contributed by atoms with Crippen molar-refractivity contribution in [1.29, 1.82) is 0 Å². The maximum absolute atomic E-state index is 11.1. The van der Waals surface area contributed by atoms with Crippen LogP contribution in [0.15, 0.2) is 0 Å². The van der Waals surface area contributed by atoms with Gasteiger partial charge in [0.25, 0.3) is 0 Å². The zero-order valence-electron chi connectivity index (χ0n) is 7.16. The van der Waals surface area contributed by atoms with E-state index in [1.54, 1.807) is 0 Å². The lowest BCUT2D eigenvalue weighted by molar-refractivity contribution is 0.285. The number of halogens is 1. The van der Waals surface area contributed by atoms with E-state index >= 15 is 0 Å². The Bertz CT molecular complexity index is 240. The number of piperidine rings is 1. The van der Waals surface area contributed by atoms with E-state index in [0.29, 0.717) is 24.9 Å². The quantitative estimate of drug-likeness (QED) is 0.637. The van der Waals surface area contributed by atoms with E-state index in [1.807, 2.05) is 0 Å². The smallest absolute Gasteiger partial charge is 0.211 e. The van der Waals surface area contributed by atoms with E-state index in [9.17, 15) is 8.42 Å². The van der Waals surface area contributed by atoms with Gasteiger partial charge in [-0.25, -0.2) is 12.7 Å². The fourth-order valence-electron chi connectivity index (χ4n) is 1.45. The molecule has 5 heteroatoms. The monoisotopic (exact) mass is 211 g/mol. The third-order valence-corrected chi connectivity index (χ3v) is 3.88. The average molecular weight is 212 g/mol. The lowest BCUT2D eigenvalue weighted by atomic mass is 10.0. The molecular weight excluding hydrogens is 198 g/mol. The van der Waals surface area contributed by atoms with Crippen LogP contribution in [-0.4, -0.2) is 37.9 Å². The molecule has 0 aromatic heterocycles. The second kappa shape index (κ2) is 3.94. The first-order valence-corrected chi connectivity index (χ1v) is 6.43. The molecule has 72 valence electrons. The van der Waals surface area contributed by atoms with Crippen LogP contribution >= 0.6 is 11.6 Å². The minimum Gasteiger partial charge on any atom is -0.213 e. The van der Waals surface area contributed by atoms with Crippen LogP contribution in [0.1, 0.15) is 12.8 Å². The average Bonchev–Trinajstić information content (AvgIpc) is 2.03. The fourth-order valence-corrected chi connectivity index (χ4v) is 2.65. The third kappa shape index (κ3) is 2.61. The Labute approximate surface area is 78.7 Å². The van der Waals surface area contributed by atoms with Gasteiger partial charge in [-0.2, -0.15) is 0 Å². The summed E-state index contributed by atoms with van der Waals surface area (Å²) < 4.78 is 23.8. The summed E-state index contributed by atoms with van der Waals surface area (Å²) in [5.74, 6) is 0.904. The maximum Gasteiger partial charge on any atom is 0.211 e. The molecule has 1 atom stereocenters. The molecule has 12 heavy (non-hydrogen) atoms. The van der Waals surface area contributed by atoms with Crippen molar-refractivity contribution in [2.24, 2.45) is 5.92 Å². The highest BCUT2D eigenvalue weighted by molar-refractivity contribution is 7.88. The van der Waals surface area contributed by atoms with E-state index in [-0.39, 0.29) is 0 Å². The Morgan fingerprint density at radius 2 is 2.25 bits per heavy atom. The molecule has 0 amide bonds. The SMILES string of the molecule is CS(=O)(=O)N1CCC[C@@H](CCl)C1. The molecule has 0 aliphatic carbocycles. The van der Waals surface area contributed by atoms with Crippen molar-refractivity contribution in [2.75, 3.05) is 25.2 Å². The minimum atomic E-state index is -2.99. The highest BCUT2D eigenvalue weighted by atomic mass is 35.5. The third-order valence-electron chi connectivity index (χ3n) is 2.17. The second-order valence-corrected chi connectivity index (χ2v) is 5.57. The van der Waals surface area contributed by atoms with Crippen LogP contribution in [0.25, 0.3) is 0 Å². The van der Waals surface area contributed by atoms with Crippen LogP contribution in [0.5, 0.6) is 0 Å². The van der Waals surface area contributed by atoms with Crippen LogP contribution in [0.3, 0.4) is 0 Å². The predicted octanol–water partition coefficient (Wildman–Crippen LogP) is 0.897. The molecule has 0 unspecified atom stereocenters. The first-order chi connectivity index (χ1) is 5.54. The molecule has 1 aliphatic rings. The van der Waals surface area contributed by atoms with Gasteiger partial charge < -0.3 is 0 Å². The van der Waals surface area contributed by atoms with E-state index < -0.39 is 10.0 Å². The zero-order chi connectivity index (χ0) is 9.19. The van der Waals surface area contributed by atoms with Gasteiger partial charge >= 0.3 is 0 Å². The van der Waals surface area contributed by atoms with Gasteiger partial charge in [-0.05, 0) is 18.8 Å². The van der Waals surface area contributed by atoms with Crippen LogP contribution in [0.4, 0.5) is 0 Å². The van der Waals surface area contributed by atoms with Crippen molar-refractivity contribution in [3.05, 3.63) is 0 Å². The Morgan fingerprint density at radius 1 is 1.58 bits per heavy atom. The van der Waals surface area contributed by atoms with E-state index in [4.69, 9.17) is 11.6 Å². The standard InChI is InChI=1S/C7H14ClNO2S/c1-12(10,11)9-4-2-3-7(5-8)6-9/h7H,2-6H2,1H3/t7-/m0/s1. The molecular formula is C7H14ClNO2S. The van der Waals surface area contributed by atoms with Crippen LogP contribution in [0, 0.1) is 5.92 Å². The lowest BCUT2D eigenvalue weighted by Gasteiger charge is -2.29. The topological polar surface area (TPSA) is 37.4 Å². The van der Waals surface area contributed by atoms with Gasteiger partial charge in [-0.1, -0.05) is 0 Å². The van der Waals surface area contributed by atoms with Gasteiger partial charge in [-0.15, -0.1) is 11.6 Å². The Balaban J connectivity index is 2.58. The number of nitrogens with zero attached hydrogens (tertiary/aromatic N) is 1. The first-order valence-electron chi connectivity index (χ1n) is 4.05. The molecule has 1 fully saturated rings. The molecule has 1 saturated heterocycles. The van der Waals surface area contributed by atoms with Gasteiger partial charge in [0.1, 0.15) is 0 Å². The van der Waals surface area contributed by atoms with Crippen molar-refractivity contribution in [2.45, 2.75) is 12.8 Å². The summed E-state index contributed by atoms with van der Waals surface area (Å²) >= 11 is 5.67. The molecule has 0 spiro atoms. The Kier molecular flexibility index (Phi) is 3.37. The van der Waals surface area contributed by atoms with Crippen molar-refractivity contribution in [1.82, 2.24) is 4.31 Å². The molecule has 1 heterocycles. The molecule has 0 saturated carbocycles. The fraction of sp³-hybridized carbons (Fsp3) is 1.00. The summed E-state index contributed by atoms with van der Waals surface area (Å²) in [6.45, 7) is 1.26. The molecule has 0 N–H and O–H groups in total. The van der Waals surface area contributed by atoms with Crippen molar-refractivity contribution < 1.29 is 8.42 Å². The summed E-state index contributed by atoms with van der Waals surface area (Å²) in [5.41, 5.74) is 0. The van der Waals surface area contributed by atoms with Gasteiger partial charge in [0.15, 0.2) is 0 Å². The van der Waals surface area contributed by atoms with Crippen LogP contribution in [-0.2, 0) is 10.0 Å². The molecule has 0 radical (unpaired) electrons. The van der Waals surface area contributed by atoms with Gasteiger partial charge in [0.2, 0.25) is 10.0 Å². The normalized spacial score (nSPS) is 27.3. The lowest BCUT2D eigenvalue weighted by Crippen LogP contribution is -2.39. The number of rotatable bonds is 2. The van der Waals surface area contributed by atoms with Gasteiger partial charge in [0.05, 0.1) is 6.26 Å². The van der Waals surface area contributed by atoms with Crippen LogP contribution < -0.4 is 0 Å². The zero-order valence-corrected chi connectivity index (χ0v) is 8.74. The Hall–Kier alpha value is 0.200. The number of sulfonamides is 1. The molecule has 1 rings (SSSR count). The van der Waals surface area contributed by atoms with Gasteiger partial charge in [0, 0.05) is 19.0 Å². The van der Waals surface area contributed by atoms with Crippen molar-refractivity contribution in [3.8, 4) is 0 Å². The molecule has 0 bridgehead atoms. The molecule has 3 nitrogen and oxygen atoms in total. The molecule has 0 aromatic rings. The highest BCUT2D eigenvalue weighted by Crippen LogP contribution is 2.19. The van der Waals surface area contributed by atoms with E-state index in [0.717, 1.165) is 12.8 Å². The number of hydrogen-bond acceptors (Lipinski definition) is 2. The van der Waals surface area contributed by atoms with E-state index in [1.165, 1.54) is 10.6 Å². The Morgan fingerprint density at radius 3 is 2.75 bits per heavy atom. The summed E-state index contributed by atoms with van der Waals surface area (Å²) in [6, 6.07) is 0. The largest absolute Gasteiger partial charge is 0.213 e. The van der Waals surface area contributed by atoms with E-state index in [2.05, 4.69) is 0 Å². The summed E-state index contributed by atoms with van der Waals surface area (Å²) in [7, 11) is -2.99. The minimum absolute atomic E-state index is 0.343. The van der Waals surface area contributed by atoms with Gasteiger partial charge in [-0.3, -0.25) is 0 Å². The highest BCUT2D eigenvalue weighted by Gasteiger charge is 2.24. The number of alkyl halides is 1. The van der Waals surface area contributed by atoms with Crippen molar-refractivity contribution in [3.63, 3.8) is 0 Å². The van der Waals surface area contributed by atoms with Crippen LogP contribution in [0.2, 0.25) is 0 Å². The number of hydrogen-bond donors (Lipinski definition) is 0. The predicted molar refractivity (Wildman–Crippen MR) is 49.9 cm³/mol. The summed E-state index contributed by atoms with van der Waals surface area (Å²) in [6.07, 6.45) is 3.24. The maximum atomic E-state index is 11.1. The summed E-state index contributed by atoms with van der Waals surface area (Å²) in [5, 5.41) is 0. The molecule has 0 aromatic carbocycles. The van der Waals surface area contributed by atoms with Crippen molar-refractivity contribution >= 4 is 21.6 Å².